The van der Waals surface area contributed by atoms with E-state index >= 15 is 0 Å². The molecule has 20 heavy (non-hydrogen) atoms. The van der Waals surface area contributed by atoms with Crippen LogP contribution >= 0.6 is 0 Å². The summed E-state index contributed by atoms with van der Waals surface area (Å²) in [5.41, 5.74) is 0.0218. The Morgan fingerprint density at radius 2 is 1.85 bits per heavy atom. The van der Waals surface area contributed by atoms with Crippen molar-refractivity contribution < 1.29 is 28.1 Å². The summed E-state index contributed by atoms with van der Waals surface area (Å²) in [6, 6.07) is 3.52. The van der Waals surface area contributed by atoms with Crippen LogP contribution in [0.5, 0.6) is 0 Å². The minimum Gasteiger partial charge on any atom is -0.494 e. The van der Waals surface area contributed by atoms with Crippen molar-refractivity contribution in [2.75, 3.05) is 20.1 Å². The molecule has 0 atom stereocenters. The highest BCUT2D eigenvalue weighted by Gasteiger charge is 2.34. The summed E-state index contributed by atoms with van der Waals surface area (Å²) in [5, 5.41) is 0. The van der Waals surface area contributed by atoms with Gasteiger partial charge in [0, 0.05) is 11.0 Å². The van der Waals surface area contributed by atoms with E-state index in [1.54, 1.807) is 7.05 Å². The fourth-order valence-corrected chi connectivity index (χ4v) is 1.77. The van der Waals surface area contributed by atoms with Gasteiger partial charge in [0.1, 0.15) is 5.82 Å². The average molecular weight is 279 g/mol. The SMILES string of the molecule is CN1CC(=O)OB(c2ccc(F)c(C=O)c2)OC(=O)C1. The maximum absolute atomic E-state index is 13.2. The fraction of sp³-hybridized carbons (Fsp3) is 0.250. The van der Waals surface area contributed by atoms with Gasteiger partial charge >= 0.3 is 19.1 Å². The molecule has 1 aliphatic rings. The molecule has 0 bridgehead atoms. The van der Waals surface area contributed by atoms with Crippen molar-refractivity contribution >= 4 is 30.8 Å². The van der Waals surface area contributed by atoms with E-state index in [-0.39, 0.29) is 24.1 Å². The number of benzene rings is 1. The molecule has 1 saturated heterocycles. The number of halogens is 1. The van der Waals surface area contributed by atoms with E-state index in [1.165, 1.54) is 17.0 Å². The van der Waals surface area contributed by atoms with Gasteiger partial charge in [-0.2, -0.15) is 0 Å². The first-order chi connectivity index (χ1) is 9.49. The van der Waals surface area contributed by atoms with Crippen molar-refractivity contribution in [2.24, 2.45) is 0 Å². The Labute approximate surface area is 114 Å². The van der Waals surface area contributed by atoms with Crippen LogP contribution in [0.1, 0.15) is 10.4 Å². The lowest BCUT2D eigenvalue weighted by Gasteiger charge is -2.22. The number of hydrogen-bond acceptors (Lipinski definition) is 6. The second-order valence-electron chi connectivity index (χ2n) is 4.38. The van der Waals surface area contributed by atoms with Crippen LogP contribution in [0.15, 0.2) is 18.2 Å². The lowest BCUT2D eigenvalue weighted by atomic mass is 9.78. The van der Waals surface area contributed by atoms with Gasteiger partial charge in [-0.25, -0.2) is 4.39 Å². The van der Waals surface area contributed by atoms with Crippen LogP contribution in [0.4, 0.5) is 4.39 Å². The number of rotatable bonds is 2. The molecule has 1 heterocycles. The van der Waals surface area contributed by atoms with Crippen LogP contribution in [-0.2, 0) is 18.9 Å². The van der Waals surface area contributed by atoms with E-state index in [1.807, 2.05) is 0 Å². The smallest absolute Gasteiger partial charge is 0.494 e. The quantitative estimate of drug-likeness (QED) is 0.530. The summed E-state index contributed by atoms with van der Waals surface area (Å²) in [4.78, 5) is 35.3. The number of likely N-dealkylation sites (N-methyl/N-ethyl adjacent to an activating group) is 1. The Morgan fingerprint density at radius 1 is 1.25 bits per heavy atom. The molecule has 6 nitrogen and oxygen atoms in total. The summed E-state index contributed by atoms with van der Waals surface area (Å²) in [5.74, 6) is -1.86. The third kappa shape index (κ3) is 3.21. The lowest BCUT2D eigenvalue weighted by molar-refractivity contribution is -0.145. The Kier molecular flexibility index (Phi) is 4.14. The molecular weight excluding hydrogens is 268 g/mol. The second kappa shape index (κ2) is 5.83. The summed E-state index contributed by atoms with van der Waals surface area (Å²) in [6.07, 6.45) is 0.333. The number of carbonyl (C=O) groups excluding carboxylic acids is 3. The topological polar surface area (TPSA) is 72.9 Å². The molecule has 1 aromatic rings. The second-order valence-corrected chi connectivity index (χ2v) is 4.38. The molecule has 0 spiro atoms. The monoisotopic (exact) mass is 279 g/mol. The van der Waals surface area contributed by atoms with E-state index < -0.39 is 24.9 Å². The first-order valence-electron chi connectivity index (χ1n) is 5.81. The van der Waals surface area contributed by atoms with Crippen molar-refractivity contribution in [3.8, 4) is 0 Å². The summed E-state index contributed by atoms with van der Waals surface area (Å²) >= 11 is 0. The summed E-state index contributed by atoms with van der Waals surface area (Å²) < 4.78 is 23.2. The minimum absolute atomic E-state index is 0.0622. The van der Waals surface area contributed by atoms with Crippen LogP contribution in [-0.4, -0.2) is 50.4 Å². The standard InChI is InChI=1S/C12H11BFNO5/c1-15-5-11(17)19-13(20-12(18)6-15)9-2-3-10(14)8(4-9)7-16/h2-4,7H,5-6H2,1H3. The van der Waals surface area contributed by atoms with Crippen molar-refractivity contribution in [3.63, 3.8) is 0 Å². The van der Waals surface area contributed by atoms with E-state index in [0.29, 0.717) is 6.29 Å². The number of nitrogens with zero attached hydrogens (tertiary/aromatic N) is 1. The Bertz CT molecular complexity index is 545. The molecule has 2 rings (SSSR count). The number of aldehydes is 1. The molecular formula is C12H11BFNO5. The van der Waals surface area contributed by atoms with Gasteiger partial charge in [-0.05, 0) is 19.2 Å². The molecule has 104 valence electrons. The van der Waals surface area contributed by atoms with Gasteiger partial charge in [-0.15, -0.1) is 0 Å². The molecule has 0 saturated carbocycles. The highest BCUT2D eigenvalue weighted by atomic mass is 19.1. The predicted octanol–water partition coefficient (Wildman–Crippen LogP) is -0.635. The van der Waals surface area contributed by atoms with Crippen molar-refractivity contribution in [3.05, 3.63) is 29.6 Å². The molecule has 1 fully saturated rings. The third-order valence-electron chi connectivity index (χ3n) is 2.69. The maximum atomic E-state index is 13.2. The molecule has 1 aromatic carbocycles. The number of hydrogen-bond donors (Lipinski definition) is 0. The van der Waals surface area contributed by atoms with Crippen LogP contribution in [0, 0.1) is 5.82 Å². The van der Waals surface area contributed by atoms with E-state index in [2.05, 4.69) is 0 Å². The van der Waals surface area contributed by atoms with Gasteiger partial charge in [0.25, 0.3) is 0 Å². The minimum atomic E-state index is -1.28. The zero-order valence-corrected chi connectivity index (χ0v) is 10.7. The largest absolute Gasteiger partial charge is 0.636 e. The van der Waals surface area contributed by atoms with Gasteiger partial charge in [0.05, 0.1) is 13.1 Å². The van der Waals surface area contributed by atoms with Crippen molar-refractivity contribution in [1.82, 2.24) is 4.90 Å². The molecule has 1 aliphatic heterocycles. The molecule has 0 unspecified atom stereocenters. The first-order valence-corrected chi connectivity index (χ1v) is 5.81. The Hall–Kier alpha value is -2.22. The maximum Gasteiger partial charge on any atom is 0.636 e. The fourth-order valence-electron chi connectivity index (χ4n) is 1.77. The van der Waals surface area contributed by atoms with Crippen molar-refractivity contribution in [1.29, 1.82) is 0 Å². The average Bonchev–Trinajstić information content (AvgIpc) is 2.36. The van der Waals surface area contributed by atoms with Crippen LogP contribution in [0.2, 0.25) is 0 Å². The molecule has 0 aromatic heterocycles. The van der Waals surface area contributed by atoms with Gasteiger partial charge < -0.3 is 9.31 Å². The van der Waals surface area contributed by atoms with Gasteiger partial charge in [0.15, 0.2) is 6.29 Å². The van der Waals surface area contributed by atoms with E-state index in [0.717, 1.165) is 6.07 Å². The summed E-state index contributed by atoms with van der Waals surface area (Å²) in [7, 11) is 0.300. The molecule has 8 heteroatoms. The normalized spacial score (nSPS) is 17.0. The highest BCUT2D eigenvalue weighted by molar-refractivity contribution is 6.64. The molecule has 0 amide bonds. The number of carbonyl (C=O) groups is 3. The zero-order chi connectivity index (χ0) is 14.7. The van der Waals surface area contributed by atoms with Crippen molar-refractivity contribution in [2.45, 2.75) is 0 Å². The van der Waals surface area contributed by atoms with Gasteiger partial charge in [-0.3, -0.25) is 19.3 Å². The zero-order valence-electron chi connectivity index (χ0n) is 10.7. The first kappa shape index (κ1) is 14.2. The Morgan fingerprint density at radius 3 is 2.40 bits per heavy atom. The Balaban J connectivity index is 2.27. The molecule has 0 N–H and O–H groups in total. The lowest BCUT2D eigenvalue weighted by Crippen LogP contribution is -2.48. The predicted molar refractivity (Wildman–Crippen MR) is 66.9 cm³/mol. The molecule has 0 aliphatic carbocycles. The molecule has 0 radical (unpaired) electrons. The van der Waals surface area contributed by atoms with Crippen LogP contribution in [0.3, 0.4) is 0 Å². The van der Waals surface area contributed by atoms with Gasteiger partial charge in [-0.1, -0.05) is 6.07 Å². The van der Waals surface area contributed by atoms with E-state index in [4.69, 9.17) is 9.31 Å². The van der Waals surface area contributed by atoms with Crippen LogP contribution < -0.4 is 5.46 Å². The van der Waals surface area contributed by atoms with Crippen LogP contribution in [0.25, 0.3) is 0 Å². The van der Waals surface area contributed by atoms with Gasteiger partial charge in [0.2, 0.25) is 0 Å². The third-order valence-corrected chi connectivity index (χ3v) is 2.69. The highest BCUT2D eigenvalue weighted by Crippen LogP contribution is 2.06. The summed E-state index contributed by atoms with van der Waals surface area (Å²) in [6.45, 7) is -0.124. The van der Waals surface area contributed by atoms with E-state index in [9.17, 15) is 18.8 Å².